The van der Waals surface area contributed by atoms with Crippen LogP contribution in [0, 0.1) is 5.41 Å². The number of piperidine rings is 1. The average molecular weight is 268 g/mol. The van der Waals surface area contributed by atoms with Crippen LogP contribution in [0.4, 0.5) is 0 Å². The lowest BCUT2D eigenvalue weighted by Gasteiger charge is -2.36. The van der Waals surface area contributed by atoms with Crippen LogP contribution in [0.2, 0.25) is 10.0 Å². The van der Waals surface area contributed by atoms with E-state index in [1.54, 1.807) is 0 Å². The van der Waals surface area contributed by atoms with Gasteiger partial charge in [0.15, 0.2) is 0 Å². The monoisotopic (exact) mass is 267 g/mol. The quantitative estimate of drug-likeness (QED) is 0.817. The molecule has 4 rings (SSSR count). The Morgan fingerprint density at radius 2 is 1.94 bits per heavy atom. The molecule has 1 N–H and O–H groups in total. The molecular formula is C14H15Cl2N. The van der Waals surface area contributed by atoms with Gasteiger partial charge in [-0.05, 0) is 48.8 Å². The van der Waals surface area contributed by atoms with Crippen molar-refractivity contribution >= 4 is 23.2 Å². The normalized spacial score (nSPS) is 36.7. The van der Waals surface area contributed by atoms with Gasteiger partial charge in [0, 0.05) is 18.0 Å². The number of fused-ring (bicyclic) bond motifs is 3. The summed E-state index contributed by atoms with van der Waals surface area (Å²) >= 11 is 12.2. The van der Waals surface area contributed by atoms with Crippen LogP contribution in [0.5, 0.6) is 0 Å². The van der Waals surface area contributed by atoms with E-state index >= 15 is 0 Å². The number of hydrogen-bond donors (Lipinski definition) is 1. The summed E-state index contributed by atoms with van der Waals surface area (Å²) in [6.45, 7) is 1.12. The molecule has 0 amide bonds. The molecule has 0 radical (unpaired) electrons. The average Bonchev–Trinajstić information content (AvgIpc) is 2.85. The van der Waals surface area contributed by atoms with Gasteiger partial charge in [0.25, 0.3) is 0 Å². The minimum atomic E-state index is 0.339. The molecule has 90 valence electrons. The van der Waals surface area contributed by atoms with Gasteiger partial charge in [0.1, 0.15) is 0 Å². The van der Waals surface area contributed by atoms with Gasteiger partial charge in [0.05, 0.1) is 10.0 Å². The zero-order valence-corrected chi connectivity index (χ0v) is 11.1. The molecule has 2 unspecified atom stereocenters. The van der Waals surface area contributed by atoms with Gasteiger partial charge in [-0.3, -0.25) is 0 Å². The zero-order chi connectivity index (χ0) is 11.7. The maximum Gasteiger partial charge on any atom is 0.0595 e. The number of nitrogens with one attached hydrogen (secondary N) is 1. The fourth-order valence-electron chi connectivity index (χ4n) is 4.25. The van der Waals surface area contributed by atoms with Crippen LogP contribution in [-0.4, -0.2) is 12.6 Å². The Bertz CT molecular complexity index is 495. The molecule has 3 fully saturated rings. The highest BCUT2D eigenvalue weighted by Crippen LogP contribution is 2.70. The third-order valence-corrected chi connectivity index (χ3v) is 6.00. The summed E-state index contributed by atoms with van der Waals surface area (Å²) in [6.07, 6.45) is 5.43. The summed E-state index contributed by atoms with van der Waals surface area (Å²) < 4.78 is 0. The van der Waals surface area contributed by atoms with Crippen LogP contribution in [0.3, 0.4) is 0 Å². The molecule has 1 aliphatic heterocycles. The summed E-state index contributed by atoms with van der Waals surface area (Å²) in [5, 5.41) is 5.01. The second-order valence-corrected chi connectivity index (χ2v) is 6.79. The molecular weight excluding hydrogens is 253 g/mol. The Balaban J connectivity index is 1.85. The second-order valence-electron chi connectivity index (χ2n) is 5.98. The predicted octanol–water partition coefficient (Wildman–Crippen LogP) is 3.78. The van der Waals surface area contributed by atoms with Crippen LogP contribution >= 0.6 is 23.2 Å². The van der Waals surface area contributed by atoms with E-state index in [4.69, 9.17) is 23.2 Å². The van der Waals surface area contributed by atoms with E-state index in [0.717, 1.165) is 12.6 Å². The van der Waals surface area contributed by atoms with E-state index in [-0.39, 0.29) is 0 Å². The third kappa shape index (κ3) is 1.26. The number of benzene rings is 1. The van der Waals surface area contributed by atoms with Gasteiger partial charge in [-0.25, -0.2) is 0 Å². The second kappa shape index (κ2) is 3.20. The van der Waals surface area contributed by atoms with E-state index in [1.807, 2.05) is 6.07 Å². The molecule has 1 nitrogen and oxygen atoms in total. The minimum Gasteiger partial charge on any atom is -0.313 e. The van der Waals surface area contributed by atoms with Crippen molar-refractivity contribution in [2.75, 3.05) is 6.54 Å². The minimum absolute atomic E-state index is 0.339. The summed E-state index contributed by atoms with van der Waals surface area (Å²) in [7, 11) is 0. The topological polar surface area (TPSA) is 12.0 Å². The van der Waals surface area contributed by atoms with Gasteiger partial charge in [-0.2, -0.15) is 0 Å². The van der Waals surface area contributed by atoms with Gasteiger partial charge in [-0.15, -0.1) is 0 Å². The highest BCUT2D eigenvalue weighted by Gasteiger charge is 2.67. The fraction of sp³-hybridized carbons (Fsp3) is 0.571. The molecule has 2 atom stereocenters. The number of hydrogen-bond acceptors (Lipinski definition) is 1. The Kier molecular flexibility index (Phi) is 2.01. The molecule has 3 aliphatic rings. The van der Waals surface area contributed by atoms with Crippen molar-refractivity contribution in [3.63, 3.8) is 0 Å². The summed E-state index contributed by atoms with van der Waals surface area (Å²) in [4.78, 5) is 0. The van der Waals surface area contributed by atoms with E-state index in [1.165, 1.54) is 31.2 Å². The lowest BCUT2D eigenvalue weighted by atomic mass is 9.70. The molecule has 1 heterocycles. The van der Waals surface area contributed by atoms with Crippen molar-refractivity contribution < 1.29 is 0 Å². The Labute approximate surface area is 111 Å². The Morgan fingerprint density at radius 3 is 2.59 bits per heavy atom. The largest absolute Gasteiger partial charge is 0.313 e. The molecule has 3 heteroatoms. The maximum atomic E-state index is 6.19. The molecule has 1 aromatic carbocycles. The van der Waals surface area contributed by atoms with Crippen molar-refractivity contribution in [2.24, 2.45) is 5.41 Å². The third-order valence-electron chi connectivity index (χ3n) is 5.27. The van der Waals surface area contributed by atoms with Gasteiger partial charge in [-0.1, -0.05) is 29.3 Å². The van der Waals surface area contributed by atoms with Crippen molar-refractivity contribution in [1.82, 2.24) is 5.32 Å². The zero-order valence-electron chi connectivity index (χ0n) is 9.60. The first-order valence-electron chi connectivity index (χ1n) is 6.34. The molecule has 1 saturated heterocycles. The highest BCUT2D eigenvalue weighted by atomic mass is 35.5. The van der Waals surface area contributed by atoms with Crippen LogP contribution in [0.15, 0.2) is 18.2 Å². The standard InChI is InChI=1S/C14H15Cl2N/c15-11-2-1-9(5-12(11)16)14-7-10(17-8-14)6-13(14)3-4-13/h1-2,5,10,17H,3-4,6-8H2. The van der Waals surface area contributed by atoms with Crippen LogP contribution in [-0.2, 0) is 5.41 Å². The number of rotatable bonds is 1. The maximum absolute atomic E-state index is 6.19. The first-order chi connectivity index (χ1) is 8.15. The van der Waals surface area contributed by atoms with Gasteiger partial charge < -0.3 is 5.32 Å². The van der Waals surface area contributed by atoms with E-state index in [9.17, 15) is 0 Å². The highest BCUT2D eigenvalue weighted by molar-refractivity contribution is 6.42. The first kappa shape index (κ1) is 10.7. The Morgan fingerprint density at radius 1 is 1.12 bits per heavy atom. The fourth-order valence-corrected chi connectivity index (χ4v) is 4.55. The summed E-state index contributed by atoms with van der Waals surface area (Å²) in [5.41, 5.74) is 2.32. The predicted molar refractivity (Wildman–Crippen MR) is 70.8 cm³/mol. The lowest BCUT2D eigenvalue weighted by Crippen LogP contribution is -2.41. The molecule has 1 aromatic rings. The van der Waals surface area contributed by atoms with E-state index in [0.29, 0.717) is 20.9 Å². The van der Waals surface area contributed by atoms with Crippen LogP contribution in [0.1, 0.15) is 31.2 Å². The van der Waals surface area contributed by atoms with Crippen LogP contribution in [0.25, 0.3) is 0 Å². The van der Waals surface area contributed by atoms with Crippen molar-refractivity contribution in [3.05, 3.63) is 33.8 Å². The summed E-state index contributed by atoms with van der Waals surface area (Å²) in [6, 6.07) is 6.96. The van der Waals surface area contributed by atoms with Crippen LogP contribution < -0.4 is 5.32 Å². The smallest absolute Gasteiger partial charge is 0.0595 e. The Hall–Kier alpha value is -0.240. The lowest BCUT2D eigenvalue weighted by molar-refractivity contribution is 0.272. The molecule has 0 aromatic heterocycles. The van der Waals surface area contributed by atoms with Gasteiger partial charge >= 0.3 is 0 Å². The van der Waals surface area contributed by atoms with Crippen molar-refractivity contribution in [1.29, 1.82) is 0 Å². The molecule has 1 spiro atoms. The van der Waals surface area contributed by atoms with Crippen molar-refractivity contribution in [3.8, 4) is 0 Å². The molecule has 2 aliphatic carbocycles. The number of halogens is 2. The molecule has 2 saturated carbocycles. The molecule has 17 heavy (non-hydrogen) atoms. The first-order valence-corrected chi connectivity index (χ1v) is 7.10. The van der Waals surface area contributed by atoms with E-state index < -0.39 is 0 Å². The SMILES string of the molecule is Clc1ccc(C23CNC(CC24CC4)C3)cc1Cl. The van der Waals surface area contributed by atoms with Gasteiger partial charge in [0.2, 0.25) is 0 Å². The van der Waals surface area contributed by atoms with E-state index in [2.05, 4.69) is 17.4 Å². The summed E-state index contributed by atoms with van der Waals surface area (Å²) in [5.74, 6) is 0. The molecule has 2 bridgehead atoms. The van der Waals surface area contributed by atoms with Crippen molar-refractivity contribution in [2.45, 2.75) is 37.1 Å².